The van der Waals surface area contributed by atoms with E-state index < -0.39 is 17.6 Å². The van der Waals surface area contributed by atoms with Crippen LogP contribution in [-0.2, 0) is 11.2 Å². The van der Waals surface area contributed by atoms with E-state index in [-0.39, 0.29) is 0 Å². The van der Waals surface area contributed by atoms with Crippen LogP contribution in [0.4, 0.5) is 10.1 Å². The third kappa shape index (κ3) is 3.10. The molecule has 0 saturated carbocycles. The third-order valence-electron chi connectivity index (χ3n) is 3.01. The lowest BCUT2D eigenvalue weighted by molar-refractivity contribution is -0.119. The van der Waals surface area contributed by atoms with E-state index in [4.69, 9.17) is 11.5 Å². The fourth-order valence-electron chi connectivity index (χ4n) is 2.08. The molecule has 0 saturated heterocycles. The number of halogens is 1. The van der Waals surface area contributed by atoms with Gasteiger partial charge in [0.25, 0.3) is 0 Å². The Morgan fingerprint density at radius 2 is 1.89 bits per heavy atom. The Morgan fingerprint density at radius 1 is 1.16 bits per heavy atom. The minimum atomic E-state index is -0.692. The minimum Gasteiger partial charge on any atom is -0.399 e. The van der Waals surface area contributed by atoms with Crippen LogP contribution in [0.1, 0.15) is 17.0 Å². The van der Waals surface area contributed by atoms with Crippen LogP contribution in [0.25, 0.3) is 0 Å². The second-order valence-corrected chi connectivity index (χ2v) is 4.43. The molecular formula is C15H15FN2O. The predicted octanol–water partition coefficient (Wildman–Crippen LogP) is 2.22. The average Bonchev–Trinajstić information content (AvgIpc) is 2.37. The predicted molar refractivity (Wildman–Crippen MR) is 72.9 cm³/mol. The van der Waals surface area contributed by atoms with E-state index in [1.165, 1.54) is 6.07 Å². The fourth-order valence-corrected chi connectivity index (χ4v) is 2.08. The van der Waals surface area contributed by atoms with Gasteiger partial charge in [0.15, 0.2) is 0 Å². The van der Waals surface area contributed by atoms with Gasteiger partial charge in [-0.3, -0.25) is 4.79 Å². The number of anilines is 1. The molecule has 0 heterocycles. The molecule has 0 radical (unpaired) electrons. The zero-order valence-corrected chi connectivity index (χ0v) is 10.3. The molecule has 0 aromatic heterocycles. The van der Waals surface area contributed by atoms with Gasteiger partial charge in [0.2, 0.25) is 5.91 Å². The molecule has 4 heteroatoms. The first kappa shape index (κ1) is 13.1. The van der Waals surface area contributed by atoms with Crippen LogP contribution in [0.15, 0.2) is 48.5 Å². The van der Waals surface area contributed by atoms with E-state index >= 15 is 0 Å². The van der Waals surface area contributed by atoms with Crippen LogP contribution in [-0.4, -0.2) is 5.91 Å². The normalized spacial score (nSPS) is 12.1. The number of hydrogen-bond donors (Lipinski definition) is 2. The van der Waals surface area contributed by atoms with Crippen molar-refractivity contribution in [3.63, 3.8) is 0 Å². The highest BCUT2D eigenvalue weighted by molar-refractivity contribution is 5.82. The summed E-state index contributed by atoms with van der Waals surface area (Å²) in [6.07, 6.45) is 0.335. The standard InChI is InChI=1S/C15H15FN2O/c16-14-7-2-1-6-12(14)13(15(18)19)9-10-4-3-5-11(17)8-10/h1-8,13H,9,17H2,(H2,18,19). The van der Waals surface area contributed by atoms with E-state index in [2.05, 4.69) is 0 Å². The maximum Gasteiger partial charge on any atom is 0.225 e. The zero-order valence-electron chi connectivity index (χ0n) is 10.3. The Balaban J connectivity index is 2.32. The number of amides is 1. The van der Waals surface area contributed by atoms with Crippen LogP contribution >= 0.6 is 0 Å². The zero-order chi connectivity index (χ0) is 13.8. The van der Waals surface area contributed by atoms with Crippen molar-refractivity contribution in [3.05, 3.63) is 65.5 Å². The molecule has 98 valence electrons. The van der Waals surface area contributed by atoms with Crippen LogP contribution in [0.5, 0.6) is 0 Å². The molecule has 0 aliphatic heterocycles. The fraction of sp³-hybridized carbons (Fsp3) is 0.133. The Labute approximate surface area is 111 Å². The van der Waals surface area contributed by atoms with Crippen molar-refractivity contribution in [2.45, 2.75) is 12.3 Å². The molecule has 1 amide bonds. The van der Waals surface area contributed by atoms with Crippen molar-refractivity contribution in [2.75, 3.05) is 5.73 Å². The molecule has 0 aliphatic carbocycles. The van der Waals surface area contributed by atoms with Gasteiger partial charge >= 0.3 is 0 Å². The Morgan fingerprint density at radius 3 is 2.53 bits per heavy atom. The molecule has 2 rings (SSSR count). The second-order valence-electron chi connectivity index (χ2n) is 4.43. The Hall–Kier alpha value is -2.36. The van der Waals surface area contributed by atoms with Gasteiger partial charge in [0, 0.05) is 11.3 Å². The highest BCUT2D eigenvalue weighted by atomic mass is 19.1. The molecule has 19 heavy (non-hydrogen) atoms. The van der Waals surface area contributed by atoms with E-state index in [0.29, 0.717) is 17.7 Å². The average molecular weight is 258 g/mol. The molecule has 4 N–H and O–H groups in total. The Bertz CT molecular complexity index is 598. The molecule has 1 atom stereocenters. The highest BCUT2D eigenvalue weighted by Crippen LogP contribution is 2.24. The quantitative estimate of drug-likeness (QED) is 0.825. The van der Waals surface area contributed by atoms with Crippen molar-refractivity contribution in [3.8, 4) is 0 Å². The van der Waals surface area contributed by atoms with Gasteiger partial charge in [-0.15, -0.1) is 0 Å². The lowest BCUT2D eigenvalue weighted by Gasteiger charge is -2.15. The largest absolute Gasteiger partial charge is 0.399 e. The van der Waals surface area contributed by atoms with Crippen molar-refractivity contribution in [1.82, 2.24) is 0 Å². The number of carbonyl (C=O) groups excluding carboxylic acids is 1. The van der Waals surface area contributed by atoms with Gasteiger partial charge in [0.05, 0.1) is 5.92 Å². The summed E-state index contributed by atoms with van der Waals surface area (Å²) in [4.78, 5) is 11.6. The number of benzene rings is 2. The van der Waals surface area contributed by atoms with E-state index in [1.54, 1.807) is 36.4 Å². The van der Waals surface area contributed by atoms with Gasteiger partial charge in [-0.25, -0.2) is 4.39 Å². The maximum atomic E-state index is 13.7. The van der Waals surface area contributed by atoms with Crippen molar-refractivity contribution >= 4 is 11.6 Å². The second kappa shape index (κ2) is 5.52. The molecule has 3 nitrogen and oxygen atoms in total. The van der Waals surface area contributed by atoms with Gasteiger partial charge in [-0.05, 0) is 30.2 Å². The summed E-state index contributed by atoms with van der Waals surface area (Å²) >= 11 is 0. The topological polar surface area (TPSA) is 69.1 Å². The maximum absolute atomic E-state index is 13.7. The molecule has 0 bridgehead atoms. The third-order valence-corrected chi connectivity index (χ3v) is 3.01. The molecule has 0 spiro atoms. The number of primary amides is 1. The highest BCUT2D eigenvalue weighted by Gasteiger charge is 2.21. The van der Waals surface area contributed by atoms with Gasteiger partial charge in [-0.1, -0.05) is 30.3 Å². The first-order valence-corrected chi connectivity index (χ1v) is 5.96. The summed E-state index contributed by atoms with van der Waals surface area (Å²) in [7, 11) is 0. The van der Waals surface area contributed by atoms with Gasteiger partial charge in [0.1, 0.15) is 5.82 Å². The summed E-state index contributed by atoms with van der Waals surface area (Å²) in [5, 5.41) is 0. The van der Waals surface area contributed by atoms with Crippen LogP contribution in [0, 0.1) is 5.82 Å². The summed E-state index contributed by atoms with van der Waals surface area (Å²) in [5.41, 5.74) is 12.9. The summed E-state index contributed by atoms with van der Waals surface area (Å²) in [6, 6.07) is 13.3. The monoisotopic (exact) mass is 258 g/mol. The molecule has 1 unspecified atom stereocenters. The number of nitrogen functional groups attached to an aromatic ring is 1. The lowest BCUT2D eigenvalue weighted by atomic mass is 9.91. The summed E-state index contributed by atoms with van der Waals surface area (Å²) in [6.45, 7) is 0. The number of carbonyl (C=O) groups is 1. The minimum absolute atomic E-state index is 0.317. The van der Waals surface area contributed by atoms with E-state index in [0.717, 1.165) is 5.56 Å². The van der Waals surface area contributed by atoms with Crippen LogP contribution < -0.4 is 11.5 Å². The van der Waals surface area contributed by atoms with Gasteiger partial charge < -0.3 is 11.5 Å². The number of rotatable bonds is 4. The molecule has 2 aromatic carbocycles. The van der Waals surface area contributed by atoms with Crippen LogP contribution in [0.2, 0.25) is 0 Å². The number of nitrogens with two attached hydrogens (primary N) is 2. The number of hydrogen-bond acceptors (Lipinski definition) is 2. The Kier molecular flexibility index (Phi) is 3.80. The molecular weight excluding hydrogens is 243 g/mol. The summed E-state index contributed by atoms with van der Waals surface area (Å²) in [5.74, 6) is -1.66. The first-order valence-electron chi connectivity index (χ1n) is 5.96. The van der Waals surface area contributed by atoms with Crippen molar-refractivity contribution in [1.29, 1.82) is 0 Å². The van der Waals surface area contributed by atoms with E-state index in [9.17, 15) is 9.18 Å². The smallest absolute Gasteiger partial charge is 0.225 e. The van der Waals surface area contributed by atoms with Crippen molar-refractivity contribution in [2.24, 2.45) is 5.73 Å². The first-order chi connectivity index (χ1) is 9.08. The molecule has 0 fully saturated rings. The molecule has 0 aliphatic rings. The van der Waals surface area contributed by atoms with Crippen LogP contribution in [0.3, 0.4) is 0 Å². The SMILES string of the molecule is NC(=O)C(Cc1cccc(N)c1)c1ccccc1F. The molecule has 2 aromatic rings. The summed E-state index contributed by atoms with van der Waals surface area (Å²) < 4.78 is 13.7. The van der Waals surface area contributed by atoms with Crippen molar-refractivity contribution < 1.29 is 9.18 Å². The van der Waals surface area contributed by atoms with Gasteiger partial charge in [-0.2, -0.15) is 0 Å². The van der Waals surface area contributed by atoms with E-state index in [1.807, 2.05) is 6.07 Å². The lowest BCUT2D eigenvalue weighted by Crippen LogP contribution is -2.24.